The smallest absolute Gasteiger partial charge is 0.252 e. The predicted octanol–water partition coefficient (Wildman–Crippen LogP) is 1.82. The molecule has 0 saturated carbocycles. The predicted molar refractivity (Wildman–Crippen MR) is 111 cm³/mol. The van der Waals surface area contributed by atoms with E-state index in [1.165, 1.54) is 17.2 Å². The third kappa shape index (κ3) is 5.06. The van der Waals surface area contributed by atoms with Crippen LogP contribution in [-0.2, 0) is 0 Å². The van der Waals surface area contributed by atoms with Gasteiger partial charge in [-0.3, -0.25) is 4.79 Å². The van der Waals surface area contributed by atoms with Crippen molar-refractivity contribution in [3.05, 3.63) is 48.2 Å². The summed E-state index contributed by atoms with van der Waals surface area (Å²) in [4.78, 5) is 21.6. The van der Waals surface area contributed by atoms with Crippen molar-refractivity contribution in [1.82, 2.24) is 25.0 Å². The lowest BCUT2D eigenvalue weighted by molar-refractivity contribution is 0.100. The van der Waals surface area contributed by atoms with Crippen LogP contribution in [0.3, 0.4) is 0 Å². The molecule has 0 aliphatic rings. The van der Waals surface area contributed by atoms with Crippen molar-refractivity contribution in [2.75, 3.05) is 17.2 Å². The van der Waals surface area contributed by atoms with Crippen LogP contribution in [0.2, 0.25) is 0 Å². The summed E-state index contributed by atoms with van der Waals surface area (Å²) in [6.45, 7) is 4.41. The number of aromatic nitrogens is 5. The molecule has 3 aromatic rings. The molecule has 0 saturated heterocycles. The van der Waals surface area contributed by atoms with Gasteiger partial charge in [-0.2, -0.15) is 10.2 Å². The molecule has 158 valence electrons. The highest BCUT2D eigenvalue weighted by molar-refractivity contribution is 5.98. The van der Waals surface area contributed by atoms with Crippen LogP contribution in [0.5, 0.6) is 0 Å². The first-order chi connectivity index (χ1) is 14.4. The van der Waals surface area contributed by atoms with Gasteiger partial charge in [0.1, 0.15) is 5.82 Å². The Morgan fingerprint density at radius 3 is 2.57 bits per heavy atom. The Balaban J connectivity index is 1.93. The molecule has 3 aromatic heterocycles. The molecule has 6 N–H and O–H groups in total. The molecule has 1 atom stereocenters. The van der Waals surface area contributed by atoms with Crippen LogP contribution >= 0.6 is 0 Å². The van der Waals surface area contributed by atoms with E-state index >= 15 is 0 Å². The van der Waals surface area contributed by atoms with Gasteiger partial charge in [0.05, 0.1) is 18.0 Å². The number of nitrogens with two attached hydrogens (primary N) is 2. The average Bonchev–Trinajstić information content (AvgIpc) is 3.24. The topological polar surface area (TPSA) is 150 Å². The molecule has 30 heavy (non-hydrogen) atoms. The number of carbonyl (C=O) groups excluding carboxylic acids is 1. The van der Waals surface area contributed by atoms with Crippen LogP contribution in [0, 0.1) is 11.7 Å². The highest BCUT2D eigenvalue weighted by Gasteiger charge is 2.19. The molecule has 10 nitrogen and oxygen atoms in total. The van der Waals surface area contributed by atoms with Crippen molar-refractivity contribution in [2.45, 2.75) is 26.3 Å². The molecule has 0 aliphatic heterocycles. The second kappa shape index (κ2) is 9.27. The van der Waals surface area contributed by atoms with E-state index < -0.39 is 11.7 Å². The molecule has 3 heterocycles. The highest BCUT2D eigenvalue weighted by Crippen LogP contribution is 2.25. The van der Waals surface area contributed by atoms with Crippen molar-refractivity contribution >= 4 is 23.2 Å². The minimum absolute atomic E-state index is 0.0124. The van der Waals surface area contributed by atoms with Gasteiger partial charge in [0, 0.05) is 30.5 Å². The zero-order valence-electron chi connectivity index (χ0n) is 16.7. The van der Waals surface area contributed by atoms with E-state index in [-0.39, 0.29) is 23.2 Å². The summed E-state index contributed by atoms with van der Waals surface area (Å²) in [5, 5.41) is 14.1. The maximum Gasteiger partial charge on any atom is 0.252 e. The number of pyridine rings is 2. The second-order valence-corrected chi connectivity index (χ2v) is 7.13. The molecule has 0 fully saturated rings. The molecule has 0 aromatic carbocycles. The first-order valence-electron chi connectivity index (χ1n) is 9.44. The lowest BCUT2D eigenvalue weighted by atomic mass is 10.0. The number of primary amides is 1. The first-order valence-corrected chi connectivity index (χ1v) is 9.44. The zero-order valence-corrected chi connectivity index (χ0v) is 16.7. The Hall–Kier alpha value is -3.60. The molecular formula is C19H24FN9O. The average molecular weight is 413 g/mol. The first kappa shape index (κ1) is 21.1. The van der Waals surface area contributed by atoms with Gasteiger partial charge in [-0.15, -0.1) is 4.80 Å². The van der Waals surface area contributed by atoms with Crippen LogP contribution in [0.15, 0.2) is 36.8 Å². The number of rotatable bonds is 9. The standard InChI is InChI=1S/C19H24FN9O/c1-11(2)7-13(10-21)27-19-15(20)9-14(17(22)30)18(28-19)26-12-3-4-23-16(8-12)29-24-5-6-25-29/h3-6,8-9,11,13H,7,10,21H2,1-2H3,(H2,22,30)(H2,23,26,27,28)/t13-/m1/s1. The van der Waals surface area contributed by atoms with Gasteiger partial charge in [0.15, 0.2) is 17.5 Å². The summed E-state index contributed by atoms with van der Waals surface area (Å²) in [6.07, 6.45) is 5.33. The molecule has 0 bridgehead atoms. The Labute approximate surface area is 172 Å². The SMILES string of the molecule is CC(C)C[C@H](CN)Nc1nc(Nc2ccnc(-n3nccn3)c2)c(C(N)=O)cc1F. The normalized spacial score (nSPS) is 12.0. The fraction of sp³-hybridized carbons (Fsp3) is 0.316. The Bertz CT molecular complexity index is 1010. The third-order valence-electron chi connectivity index (χ3n) is 4.25. The van der Waals surface area contributed by atoms with Crippen LogP contribution in [-0.4, -0.2) is 43.5 Å². The number of halogens is 1. The van der Waals surface area contributed by atoms with Crippen LogP contribution in [0.1, 0.15) is 30.6 Å². The summed E-state index contributed by atoms with van der Waals surface area (Å²) in [7, 11) is 0. The Morgan fingerprint density at radius 2 is 1.93 bits per heavy atom. The van der Waals surface area contributed by atoms with Gasteiger partial charge in [0.25, 0.3) is 5.91 Å². The molecule has 0 aliphatic carbocycles. The van der Waals surface area contributed by atoms with E-state index in [1.807, 2.05) is 13.8 Å². The van der Waals surface area contributed by atoms with Crippen LogP contribution in [0.25, 0.3) is 5.82 Å². The van der Waals surface area contributed by atoms with Crippen molar-refractivity contribution < 1.29 is 9.18 Å². The number of hydrogen-bond donors (Lipinski definition) is 4. The summed E-state index contributed by atoms with van der Waals surface area (Å²) in [5.41, 5.74) is 11.7. The molecule has 0 unspecified atom stereocenters. The van der Waals surface area contributed by atoms with Gasteiger partial charge in [0.2, 0.25) is 0 Å². The van der Waals surface area contributed by atoms with E-state index in [1.54, 1.807) is 18.3 Å². The fourth-order valence-corrected chi connectivity index (χ4v) is 2.93. The fourth-order valence-electron chi connectivity index (χ4n) is 2.93. The molecule has 1 amide bonds. The summed E-state index contributed by atoms with van der Waals surface area (Å²) < 4.78 is 14.6. The number of carbonyl (C=O) groups is 1. The third-order valence-corrected chi connectivity index (χ3v) is 4.25. The molecule has 0 radical (unpaired) electrons. The van der Waals surface area contributed by atoms with Crippen molar-refractivity contribution in [2.24, 2.45) is 17.4 Å². The van der Waals surface area contributed by atoms with Gasteiger partial charge in [-0.1, -0.05) is 13.8 Å². The van der Waals surface area contributed by atoms with E-state index in [0.29, 0.717) is 24.0 Å². The second-order valence-electron chi connectivity index (χ2n) is 7.13. The minimum Gasteiger partial charge on any atom is -0.365 e. The lowest BCUT2D eigenvalue weighted by Gasteiger charge is -2.21. The maximum absolute atomic E-state index is 14.6. The van der Waals surface area contributed by atoms with E-state index in [4.69, 9.17) is 11.5 Å². The number of hydrogen-bond acceptors (Lipinski definition) is 8. The molecule has 11 heteroatoms. The van der Waals surface area contributed by atoms with Crippen LogP contribution in [0.4, 0.5) is 21.7 Å². The summed E-state index contributed by atoms with van der Waals surface area (Å²) in [5.74, 6) is -0.586. The minimum atomic E-state index is -0.809. The van der Waals surface area contributed by atoms with Gasteiger partial charge in [-0.05, 0) is 24.5 Å². The Morgan fingerprint density at radius 1 is 1.20 bits per heavy atom. The van der Waals surface area contributed by atoms with Crippen molar-refractivity contribution in [3.63, 3.8) is 0 Å². The number of anilines is 3. The highest BCUT2D eigenvalue weighted by atomic mass is 19.1. The largest absolute Gasteiger partial charge is 0.365 e. The summed E-state index contributed by atoms with van der Waals surface area (Å²) >= 11 is 0. The zero-order chi connectivity index (χ0) is 21.7. The summed E-state index contributed by atoms with van der Waals surface area (Å²) in [6, 6.07) is 4.21. The number of nitrogens with zero attached hydrogens (tertiary/aromatic N) is 5. The monoisotopic (exact) mass is 413 g/mol. The van der Waals surface area contributed by atoms with E-state index in [2.05, 4.69) is 30.8 Å². The molecule has 3 rings (SSSR count). The van der Waals surface area contributed by atoms with Gasteiger partial charge in [-0.25, -0.2) is 14.4 Å². The maximum atomic E-state index is 14.6. The molecular weight excluding hydrogens is 389 g/mol. The van der Waals surface area contributed by atoms with Gasteiger partial charge >= 0.3 is 0 Å². The number of nitrogens with one attached hydrogen (secondary N) is 2. The van der Waals surface area contributed by atoms with Crippen LogP contribution < -0.4 is 22.1 Å². The van der Waals surface area contributed by atoms with E-state index in [9.17, 15) is 9.18 Å². The molecule has 0 spiro atoms. The quantitative estimate of drug-likeness (QED) is 0.415. The lowest BCUT2D eigenvalue weighted by Crippen LogP contribution is -2.31. The number of amides is 1. The van der Waals surface area contributed by atoms with Gasteiger partial charge < -0.3 is 22.1 Å². The van der Waals surface area contributed by atoms with Crippen molar-refractivity contribution in [3.8, 4) is 5.82 Å². The Kier molecular flexibility index (Phi) is 6.52. The van der Waals surface area contributed by atoms with Crippen molar-refractivity contribution in [1.29, 1.82) is 0 Å². The van der Waals surface area contributed by atoms with E-state index in [0.717, 1.165) is 12.5 Å².